The lowest BCUT2D eigenvalue weighted by atomic mass is 10.1. The molecule has 4 heteroatoms. The third-order valence-corrected chi connectivity index (χ3v) is 4.03. The Morgan fingerprint density at radius 1 is 1.21 bits per heavy atom. The van der Waals surface area contributed by atoms with Gasteiger partial charge in [-0.1, -0.05) is 31.2 Å². The number of fused-ring (bicyclic) bond motifs is 1. The summed E-state index contributed by atoms with van der Waals surface area (Å²) in [4.78, 5) is 8.97. The lowest BCUT2D eigenvalue weighted by Crippen LogP contribution is -1.89. The Kier molecular flexibility index (Phi) is 3.17. The number of nitrogen functional groups attached to an aromatic ring is 1. The fourth-order valence-electron chi connectivity index (χ4n) is 2.20. The number of thiazole rings is 1. The van der Waals surface area contributed by atoms with E-state index in [0.717, 1.165) is 44.9 Å². The Bertz CT molecular complexity index is 713. The van der Waals surface area contributed by atoms with Crippen molar-refractivity contribution in [3.05, 3.63) is 41.7 Å². The topological polar surface area (TPSA) is 51.8 Å². The quantitative estimate of drug-likeness (QED) is 0.784. The molecule has 0 atom stereocenters. The van der Waals surface area contributed by atoms with Crippen molar-refractivity contribution in [3.63, 3.8) is 0 Å². The zero-order valence-electron chi connectivity index (χ0n) is 10.8. The highest BCUT2D eigenvalue weighted by molar-refractivity contribution is 7.16. The predicted octanol–water partition coefficient (Wildman–Crippen LogP) is 3.89. The fourth-order valence-corrected chi connectivity index (χ4v) is 3.15. The van der Waals surface area contributed by atoms with E-state index < -0.39 is 0 Å². The first kappa shape index (κ1) is 12.1. The van der Waals surface area contributed by atoms with Gasteiger partial charge in [0.1, 0.15) is 10.7 Å². The first-order valence-corrected chi connectivity index (χ1v) is 7.19. The molecule has 0 aliphatic heterocycles. The van der Waals surface area contributed by atoms with Crippen molar-refractivity contribution in [3.8, 4) is 11.3 Å². The molecule has 0 amide bonds. The van der Waals surface area contributed by atoms with Crippen LogP contribution in [0, 0.1) is 0 Å². The Morgan fingerprint density at radius 3 is 2.89 bits per heavy atom. The first-order chi connectivity index (χ1) is 9.29. The van der Waals surface area contributed by atoms with Crippen LogP contribution in [0.2, 0.25) is 0 Å². The van der Waals surface area contributed by atoms with Crippen molar-refractivity contribution < 1.29 is 0 Å². The van der Waals surface area contributed by atoms with Crippen molar-refractivity contribution in [2.75, 3.05) is 5.73 Å². The van der Waals surface area contributed by atoms with E-state index in [1.807, 2.05) is 24.5 Å². The summed E-state index contributed by atoms with van der Waals surface area (Å²) < 4.78 is 0. The van der Waals surface area contributed by atoms with Crippen LogP contribution in [0.5, 0.6) is 0 Å². The second kappa shape index (κ2) is 4.97. The van der Waals surface area contributed by atoms with Crippen LogP contribution in [0.3, 0.4) is 0 Å². The van der Waals surface area contributed by atoms with E-state index in [1.54, 1.807) is 11.3 Å². The highest BCUT2D eigenvalue weighted by Crippen LogP contribution is 2.34. The molecule has 3 nitrogen and oxygen atoms in total. The summed E-state index contributed by atoms with van der Waals surface area (Å²) in [6.07, 6.45) is 5.78. The summed E-state index contributed by atoms with van der Waals surface area (Å²) in [7, 11) is 0. The number of aromatic nitrogens is 2. The van der Waals surface area contributed by atoms with Gasteiger partial charge >= 0.3 is 0 Å². The van der Waals surface area contributed by atoms with Crippen molar-refractivity contribution in [2.45, 2.75) is 19.8 Å². The maximum Gasteiger partial charge on any atom is 0.114 e. The summed E-state index contributed by atoms with van der Waals surface area (Å²) >= 11 is 1.58. The second-order valence-electron chi connectivity index (χ2n) is 4.48. The number of aryl methyl sites for hydroxylation is 1. The van der Waals surface area contributed by atoms with Gasteiger partial charge in [0, 0.05) is 23.3 Å². The number of hydrogen-bond donors (Lipinski definition) is 1. The van der Waals surface area contributed by atoms with E-state index in [2.05, 4.69) is 29.0 Å². The molecule has 2 aromatic heterocycles. The molecule has 3 aromatic rings. The zero-order valence-corrected chi connectivity index (χ0v) is 11.6. The summed E-state index contributed by atoms with van der Waals surface area (Å²) in [5.41, 5.74) is 8.02. The molecule has 0 radical (unpaired) electrons. The minimum Gasteiger partial charge on any atom is -0.389 e. The molecule has 0 bridgehead atoms. The minimum atomic E-state index is 0.779. The minimum absolute atomic E-state index is 0.779. The normalized spacial score (nSPS) is 11.0. The van der Waals surface area contributed by atoms with E-state index >= 15 is 0 Å². The van der Waals surface area contributed by atoms with Crippen LogP contribution < -0.4 is 5.73 Å². The molecule has 0 saturated heterocycles. The Hall–Kier alpha value is -1.94. The van der Waals surface area contributed by atoms with E-state index in [0.29, 0.717) is 0 Å². The van der Waals surface area contributed by atoms with Gasteiger partial charge in [-0.15, -0.1) is 11.3 Å². The largest absolute Gasteiger partial charge is 0.389 e. The van der Waals surface area contributed by atoms with Gasteiger partial charge in [-0.05, 0) is 18.2 Å². The van der Waals surface area contributed by atoms with Crippen molar-refractivity contribution in [1.82, 2.24) is 9.97 Å². The summed E-state index contributed by atoms with van der Waals surface area (Å²) in [5, 5.41) is 4.14. The third-order valence-electron chi connectivity index (χ3n) is 3.08. The van der Waals surface area contributed by atoms with Crippen molar-refractivity contribution >= 4 is 27.1 Å². The zero-order chi connectivity index (χ0) is 13.2. The van der Waals surface area contributed by atoms with Gasteiger partial charge in [-0.2, -0.15) is 0 Å². The molecule has 0 saturated carbocycles. The van der Waals surface area contributed by atoms with Gasteiger partial charge in [-0.3, -0.25) is 4.98 Å². The summed E-state index contributed by atoms with van der Waals surface area (Å²) in [5.74, 6) is 0. The molecule has 3 rings (SSSR count). The molecule has 0 unspecified atom stereocenters. The van der Waals surface area contributed by atoms with Gasteiger partial charge in [0.15, 0.2) is 0 Å². The lowest BCUT2D eigenvalue weighted by Gasteiger charge is -2.03. The average molecular weight is 269 g/mol. The second-order valence-corrected chi connectivity index (χ2v) is 5.59. The number of anilines is 1. The number of pyridine rings is 1. The van der Waals surface area contributed by atoms with Crippen LogP contribution in [0.1, 0.15) is 18.4 Å². The van der Waals surface area contributed by atoms with Crippen LogP contribution in [-0.4, -0.2) is 9.97 Å². The van der Waals surface area contributed by atoms with Crippen molar-refractivity contribution in [1.29, 1.82) is 0 Å². The Labute approximate surface area is 116 Å². The van der Waals surface area contributed by atoms with E-state index in [9.17, 15) is 0 Å². The molecular weight excluding hydrogens is 254 g/mol. The van der Waals surface area contributed by atoms with Gasteiger partial charge in [0.05, 0.1) is 5.01 Å². The van der Waals surface area contributed by atoms with E-state index in [-0.39, 0.29) is 0 Å². The number of nitrogens with two attached hydrogens (primary N) is 1. The van der Waals surface area contributed by atoms with Crippen LogP contribution in [0.4, 0.5) is 5.00 Å². The van der Waals surface area contributed by atoms with Gasteiger partial charge in [-0.25, -0.2) is 4.98 Å². The molecule has 96 valence electrons. The predicted molar refractivity (Wildman–Crippen MR) is 81.3 cm³/mol. The smallest absolute Gasteiger partial charge is 0.114 e. The van der Waals surface area contributed by atoms with Crippen molar-refractivity contribution in [2.24, 2.45) is 0 Å². The van der Waals surface area contributed by atoms with Gasteiger partial charge in [0.25, 0.3) is 0 Å². The molecule has 2 heterocycles. The van der Waals surface area contributed by atoms with Crippen LogP contribution in [-0.2, 0) is 6.42 Å². The first-order valence-electron chi connectivity index (χ1n) is 6.38. The summed E-state index contributed by atoms with van der Waals surface area (Å²) in [6, 6.07) is 8.19. The number of nitrogens with zero attached hydrogens (tertiary/aromatic N) is 2. The number of rotatable bonds is 3. The maximum atomic E-state index is 6.12. The molecule has 0 aliphatic carbocycles. The lowest BCUT2D eigenvalue weighted by molar-refractivity contribution is 0.910. The fraction of sp³-hybridized carbons (Fsp3) is 0.200. The van der Waals surface area contributed by atoms with E-state index in [1.165, 1.54) is 0 Å². The van der Waals surface area contributed by atoms with Crippen LogP contribution in [0.15, 0.2) is 36.7 Å². The number of benzene rings is 1. The van der Waals surface area contributed by atoms with Gasteiger partial charge in [0.2, 0.25) is 0 Å². The molecule has 1 aromatic carbocycles. The van der Waals surface area contributed by atoms with Crippen LogP contribution >= 0.6 is 11.3 Å². The van der Waals surface area contributed by atoms with E-state index in [4.69, 9.17) is 5.73 Å². The highest BCUT2D eigenvalue weighted by Gasteiger charge is 2.13. The Morgan fingerprint density at radius 2 is 2.05 bits per heavy atom. The standard InChI is InChI=1S/C15H15N3S/c1-2-5-13-18-14(15(16)19-13)12-9-17-8-10-6-3-4-7-11(10)12/h3-4,6-9H,2,5,16H2,1H3. The molecule has 2 N–H and O–H groups in total. The molecule has 0 aliphatic rings. The number of hydrogen-bond acceptors (Lipinski definition) is 4. The van der Waals surface area contributed by atoms with Crippen LogP contribution in [0.25, 0.3) is 22.0 Å². The molecule has 0 spiro atoms. The third kappa shape index (κ3) is 2.19. The average Bonchev–Trinajstić information content (AvgIpc) is 2.79. The summed E-state index contributed by atoms with van der Waals surface area (Å²) in [6.45, 7) is 2.15. The Balaban J connectivity index is 2.19. The SMILES string of the molecule is CCCc1nc(-c2cncc3ccccc23)c(N)s1. The maximum absolute atomic E-state index is 6.12. The molecule has 19 heavy (non-hydrogen) atoms. The molecule has 0 fully saturated rings. The molecular formula is C15H15N3S. The highest BCUT2D eigenvalue weighted by atomic mass is 32.1. The monoisotopic (exact) mass is 269 g/mol. The van der Waals surface area contributed by atoms with Gasteiger partial charge < -0.3 is 5.73 Å².